The number of rotatable bonds is 6. The molecule has 0 aliphatic carbocycles. The maximum absolute atomic E-state index is 5.95. The van der Waals surface area contributed by atoms with Gasteiger partial charge in [-0.1, -0.05) is 19.1 Å². The molecule has 1 saturated heterocycles. The fourth-order valence-electron chi connectivity index (χ4n) is 2.55. The van der Waals surface area contributed by atoms with Crippen LogP contribution in [0.1, 0.15) is 32.0 Å². The second-order valence-electron chi connectivity index (χ2n) is 5.09. The topological polar surface area (TPSA) is 55.2 Å². The number of ether oxygens (including phenoxy) is 1. The molecule has 2 atom stereocenters. The van der Waals surface area contributed by atoms with Crippen LogP contribution in [0, 0.1) is 0 Å². The summed E-state index contributed by atoms with van der Waals surface area (Å²) >= 11 is 0. The Bertz CT molecular complexity index is 381. The predicted molar refractivity (Wildman–Crippen MR) is 74.0 cm³/mol. The van der Waals surface area contributed by atoms with E-state index in [-0.39, 0.29) is 12.1 Å². The third kappa shape index (κ3) is 3.52. The van der Waals surface area contributed by atoms with Crippen LogP contribution in [0.2, 0.25) is 0 Å². The van der Waals surface area contributed by atoms with Crippen LogP contribution in [-0.2, 0) is 11.3 Å². The van der Waals surface area contributed by atoms with Gasteiger partial charge in [-0.15, -0.1) is 5.10 Å². The van der Waals surface area contributed by atoms with Gasteiger partial charge in [-0.2, -0.15) is 0 Å². The molecule has 19 heavy (non-hydrogen) atoms. The van der Waals surface area contributed by atoms with Gasteiger partial charge < -0.3 is 15.0 Å². The number of hydrogen-bond donors (Lipinski definition) is 1. The molecule has 0 spiro atoms. The van der Waals surface area contributed by atoms with Gasteiger partial charge in [0, 0.05) is 19.6 Å². The first-order chi connectivity index (χ1) is 9.26. The Labute approximate surface area is 115 Å². The van der Waals surface area contributed by atoms with Gasteiger partial charge in [-0.05, 0) is 20.0 Å². The van der Waals surface area contributed by atoms with Crippen LogP contribution < -0.4 is 5.32 Å². The lowest BCUT2D eigenvalue weighted by Gasteiger charge is -2.35. The lowest BCUT2D eigenvalue weighted by molar-refractivity contribution is -0.0404. The van der Waals surface area contributed by atoms with Gasteiger partial charge in [0.15, 0.2) is 0 Å². The van der Waals surface area contributed by atoms with Crippen molar-refractivity contribution in [1.82, 2.24) is 25.2 Å². The molecular formula is C13H25N5O. The van der Waals surface area contributed by atoms with Crippen molar-refractivity contribution in [2.24, 2.45) is 0 Å². The fraction of sp³-hybridized carbons (Fsp3) is 0.846. The number of aromatic nitrogens is 3. The minimum Gasteiger partial charge on any atom is -0.374 e. The number of morpholine rings is 1. The molecule has 2 unspecified atom stereocenters. The van der Waals surface area contributed by atoms with E-state index in [9.17, 15) is 0 Å². The molecule has 1 N–H and O–H groups in total. The minimum atomic E-state index is 0.160. The molecule has 1 aromatic heterocycles. The van der Waals surface area contributed by atoms with Crippen LogP contribution in [0.3, 0.4) is 0 Å². The van der Waals surface area contributed by atoms with E-state index in [2.05, 4.69) is 41.4 Å². The summed E-state index contributed by atoms with van der Waals surface area (Å²) in [4.78, 5) is 2.31. The zero-order chi connectivity index (χ0) is 13.7. The molecule has 1 aliphatic rings. The Morgan fingerprint density at radius 1 is 1.53 bits per heavy atom. The number of nitrogens with zero attached hydrogens (tertiary/aromatic N) is 4. The van der Waals surface area contributed by atoms with E-state index in [0.717, 1.165) is 44.9 Å². The first kappa shape index (κ1) is 14.4. The number of aryl methyl sites for hydroxylation is 1. The monoisotopic (exact) mass is 267 g/mol. The summed E-state index contributed by atoms with van der Waals surface area (Å²) in [5.41, 5.74) is 1.13. The van der Waals surface area contributed by atoms with E-state index in [0.29, 0.717) is 0 Å². The lowest BCUT2D eigenvalue weighted by atomic mass is 10.1. The number of nitrogens with one attached hydrogen (secondary N) is 1. The maximum Gasteiger partial charge on any atom is 0.0912 e. The Balaban J connectivity index is 2.16. The lowest BCUT2D eigenvalue weighted by Crippen LogP contribution is -2.47. The quantitative estimate of drug-likeness (QED) is 0.821. The molecule has 0 radical (unpaired) electrons. The molecule has 1 aromatic rings. The highest BCUT2D eigenvalue weighted by Crippen LogP contribution is 2.21. The van der Waals surface area contributed by atoms with E-state index < -0.39 is 0 Å². The van der Waals surface area contributed by atoms with E-state index >= 15 is 0 Å². The largest absolute Gasteiger partial charge is 0.374 e. The number of likely N-dealkylation sites (N-methyl/N-ethyl adjacent to an activating group) is 2. The Morgan fingerprint density at radius 3 is 3.05 bits per heavy atom. The van der Waals surface area contributed by atoms with Crippen molar-refractivity contribution < 1.29 is 4.74 Å². The smallest absolute Gasteiger partial charge is 0.0912 e. The molecule has 2 rings (SSSR count). The van der Waals surface area contributed by atoms with E-state index in [1.54, 1.807) is 0 Å². The third-order valence-electron chi connectivity index (χ3n) is 3.49. The molecule has 0 bridgehead atoms. The van der Waals surface area contributed by atoms with Crippen LogP contribution in [-0.4, -0.2) is 59.3 Å². The Morgan fingerprint density at radius 2 is 2.37 bits per heavy atom. The second kappa shape index (κ2) is 6.98. The summed E-state index contributed by atoms with van der Waals surface area (Å²) in [6, 6.07) is 0.161. The highest BCUT2D eigenvalue weighted by molar-refractivity contribution is 5.06. The molecule has 6 heteroatoms. The first-order valence-corrected chi connectivity index (χ1v) is 7.18. The fourth-order valence-corrected chi connectivity index (χ4v) is 2.55. The number of hydrogen-bond acceptors (Lipinski definition) is 5. The standard InChI is InChI=1S/C13H25N5O/c1-4-6-18-11(9-15-16-18)13(14-5-2)12-10-17(3)7-8-19-12/h9,12-14H,4-8,10H2,1-3H3. The third-order valence-corrected chi connectivity index (χ3v) is 3.49. The zero-order valence-electron chi connectivity index (χ0n) is 12.2. The average molecular weight is 267 g/mol. The van der Waals surface area contributed by atoms with E-state index in [4.69, 9.17) is 4.74 Å². The molecule has 0 aromatic carbocycles. The maximum atomic E-state index is 5.95. The summed E-state index contributed by atoms with van der Waals surface area (Å²) < 4.78 is 7.94. The van der Waals surface area contributed by atoms with Crippen molar-refractivity contribution in [2.45, 2.75) is 39.0 Å². The van der Waals surface area contributed by atoms with E-state index in [1.807, 2.05) is 10.9 Å². The van der Waals surface area contributed by atoms with Crippen molar-refractivity contribution in [2.75, 3.05) is 33.3 Å². The summed E-state index contributed by atoms with van der Waals surface area (Å²) in [6.45, 7) is 8.81. The average Bonchev–Trinajstić information content (AvgIpc) is 2.84. The molecule has 0 saturated carbocycles. The van der Waals surface area contributed by atoms with Crippen LogP contribution in [0.5, 0.6) is 0 Å². The van der Waals surface area contributed by atoms with Gasteiger partial charge in [0.25, 0.3) is 0 Å². The molecule has 1 aliphatic heterocycles. The molecule has 108 valence electrons. The predicted octanol–water partition coefficient (Wildman–Crippen LogP) is 0.669. The minimum absolute atomic E-state index is 0.160. The molecule has 0 amide bonds. The molecule has 6 nitrogen and oxygen atoms in total. The van der Waals surface area contributed by atoms with Crippen molar-refractivity contribution in [1.29, 1.82) is 0 Å². The zero-order valence-corrected chi connectivity index (χ0v) is 12.2. The highest BCUT2D eigenvalue weighted by Gasteiger charge is 2.30. The molecule has 2 heterocycles. The van der Waals surface area contributed by atoms with Crippen LogP contribution in [0.25, 0.3) is 0 Å². The van der Waals surface area contributed by atoms with Gasteiger partial charge in [0.05, 0.1) is 30.6 Å². The van der Waals surface area contributed by atoms with Crippen LogP contribution >= 0.6 is 0 Å². The van der Waals surface area contributed by atoms with Crippen LogP contribution in [0.15, 0.2) is 6.20 Å². The summed E-state index contributed by atoms with van der Waals surface area (Å²) in [5, 5.41) is 11.8. The molecular weight excluding hydrogens is 242 g/mol. The Hall–Kier alpha value is -0.980. The van der Waals surface area contributed by atoms with Crippen molar-refractivity contribution in [3.8, 4) is 0 Å². The second-order valence-corrected chi connectivity index (χ2v) is 5.09. The van der Waals surface area contributed by atoms with Gasteiger partial charge >= 0.3 is 0 Å². The van der Waals surface area contributed by atoms with Crippen molar-refractivity contribution in [3.63, 3.8) is 0 Å². The van der Waals surface area contributed by atoms with Crippen molar-refractivity contribution in [3.05, 3.63) is 11.9 Å². The van der Waals surface area contributed by atoms with Crippen LogP contribution in [0.4, 0.5) is 0 Å². The molecule has 1 fully saturated rings. The summed E-state index contributed by atoms with van der Waals surface area (Å²) in [6.07, 6.45) is 3.08. The van der Waals surface area contributed by atoms with Gasteiger partial charge in [0.1, 0.15) is 0 Å². The Kier molecular flexibility index (Phi) is 5.30. The van der Waals surface area contributed by atoms with E-state index in [1.165, 1.54) is 0 Å². The summed E-state index contributed by atoms with van der Waals surface area (Å²) in [7, 11) is 2.14. The SMILES string of the molecule is CCCn1nncc1C(NCC)C1CN(C)CCO1. The van der Waals surface area contributed by atoms with Crippen molar-refractivity contribution >= 4 is 0 Å². The van der Waals surface area contributed by atoms with Gasteiger partial charge in [-0.25, -0.2) is 4.68 Å². The first-order valence-electron chi connectivity index (χ1n) is 7.18. The van der Waals surface area contributed by atoms with Gasteiger partial charge in [-0.3, -0.25) is 0 Å². The highest BCUT2D eigenvalue weighted by atomic mass is 16.5. The normalized spacial score (nSPS) is 22.6. The van der Waals surface area contributed by atoms with Gasteiger partial charge in [0.2, 0.25) is 0 Å². The summed E-state index contributed by atoms with van der Waals surface area (Å²) in [5.74, 6) is 0.